The van der Waals surface area contributed by atoms with E-state index in [1.165, 1.54) is 0 Å². The summed E-state index contributed by atoms with van der Waals surface area (Å²) in [6.07, 6.45) is 1.77. The van der Waals surface area contributed by atoms with E-state index >= 15 is 0 Å². The molecule has 4 nitrogen and oxygen atoms in total. The van der Waals surface area contributed by atoms with E-state index in [0.29, 0.717) is 11.4 Å². The molecule has 2 unspecified atom stereocenters. The van der Waals surface area contributed by atoms with Crippen LogP contribution < -0.4 is 5.32 Å². The molecule has 1 fully saturated rings. The molecule has 0 saturated carbocycles. The molecule has 0 bridgehead atoms. The van der Waals surface area contributed by atoms with Crippen LogP contribution in [0.1, 0.15) is 26.7 Å². The minimum absolute atomic E-state index is 0.0491. The highest BCUT2D eigenvalue weighted by Crippen LogP contribution is 2.22. The van der Waals surface area contributed by atoms with Gasteiger partial charge in [-0.05, 0) is 25.0 Å². The van der Waals surface area contributed by atoms with Gasteiger partial charge in [-0.2, -0.15) is 4.31 Å². The summed E-state index contributed by atoms with van der Waals surface area (Å²) in [6, 6.07) is 9.02. The molecule has 5 heteroatoms. The number of piperazine rings is 1. The molecule has 0 amide bonds. The van der Waals surface area contributed by atoms with Gasteiger partial charge in [-0.15, -0.1) is 0 Å². The van der Waals surface area contributed by atoms with Gasteiger partial charge in [-0.25, -0.2) is 8.42 Å². The van der Waals surface area contributed by atoms with Crippen molar-refractivity contribution < 1.29 is 8.42 Å². The number of hydrogen-bond donors (Lipinski definition) is 1. The Morgan fingerprint density at radius 3 is 2.47 bits per heavy atom. The second kappa shape index (κ2) is 6.03. The van der Waals surface area contributed by atoms with Crippen LogP contribution in [0.25, 0.3) is 0 Å². The maximum atomic E-state index is 12.7. The van der Waals surface area contributed by atoms with Crippen LogP contribution in [0.2, 0.25) is 0 Å². The summed E-state index contributed by atoms with van der Waals surface area (Å²) < 4.78 is 27.1. The molecule has 106 valence electrons. The quantitative estimate of drug-likeness (QED) is 0.916. The van der Waals surface area contributed by atoms with Crippen LogP contribution in [0.5, 0.6) is 0 Å². The maximum Gasteiger partial charge on any atom is 0.243 e. The number of rotatable bonds is 4. The van der Waals surface area contributed by atoms with Crippen LogP contribution >= 0.6 is 0 Å². The summed E-state index contributed by atoms with van der Waals surface area (Å²) in [5, 5.41) is 3.42. The molecule has 1 heterocycles. The molecular formula is C14H22N2O2S. The van der Waals surface area contributed by atoms with Gasteiger partial charge in [-0.1, -0.05) is 32.0 Å². The van der Waals surface area contributed by atoms with Crippen molar-refractivity contribution in [2.24, 2.45) is 0 Å². The minimum Gasteiger partial charge on any atom is -0.311 e. The Kier molecular flexibility index (Phi) is 4.60. The summed E-state index contributed by atoms with van der Waals surface area (Å²) in [6.45, 7) is 5.41. The van der Waals surface area contributed by atoms with Gasteiger partial charge in [0.15, 0.2) is 0 Å². The van der Waals surface area contributed by atoms with Crippen molar-refractivity contribution in [2.75, 3.05) is 13.1 Å². The van der Waals surface area contributed by atoms with Gasteiger partial charge in [0.25, 0.3) is 0 Å². The first-order valence-corrected chi connectivity index (χ1v) is 8.33. The second-order valence-electron chi connectivity index (χ2n) is 4.96. The highest BCUT2D eigenvalue weighted by molar-refractivity contribution is 7.89. The Balaban J connectivity index is 2.31. The van der Waals surface area contributed by atoms with Crippen LogP contribution in [0.3, 0.4) is 0 Å². The number of benzene rings is 1. The second-order valence-corrected chi connectivity index (χ2v) is 6.85. The van der Waals surface area contributed by atoms with Crippen molar-refractivity contribution in [2.45, 2.75) is 43.7 Å². The number of nitrogens with zero attached hydrogens (tertiary/aromatic N) is 1. The van der Waals surface area contributed by atoms with Gasteiger partial charge in [0.2, 0.25) is 10.0 Å². The molecule has 0 spiro atoms. The summed E-state index contributed by atoms with van der Waals surface area (Å²) >= 11 is 0. The first-order valence-electron chi connectivity index (χ1n) is 6.89. The van der Waals surface area contributed by atoms with Crippen LogP contribution in [-0.4, -0.2) is 37.9 Å². The first kappa shape index (κ1) is 14.5. The monoisotopic (exact) mass is 282 g/mol. The normalized spacial score (nSPS) is 25.4. The summed E-state index contributed by atoms with van der Waals surface area (Å²) in [7, 11) is -3.37. The fourth-order valence-electron chi connectivity index (χ4n) is 2.48. The third-order valence-electron chi connectivity index (χ3n) is 3.76. The standard InChI is InChI=1S/C14H22N2O2S/c1-3-12-11-16(13(4-2)10-15-12)19(17,18)14-8-6-5-7-9-14/h5-9,12-13,15H,3-4,10-11H2,1-2H3. The molecule has 0 aliphatic carbocycles. The van der Waals surface area contributed by atoms with Crippen LogP contribution in [-0.2, 0) is 10.0 Å². The van der Waals surface area contributed by atoms with E-state index in [2.05, 4.69) is 12.2 Å². The fourth-order valence-corrected chi connectivity index (χ4v) is 4.24. The van der Waals surface area contributed by atoms with Crippen LogP contribution in [0.4, 0.5) is 0 Å². The summed E-state index contributed by atoms with van der Waals surface area (Å²) in [5.41, 5.74) is 0. The van der Waals surface area contributed by atoms with E-state index in [1.807, 2.05) is 13.0 Å². The molecule has 1 aromatic rings. The number of nitrogens with one attached hydrogen (secondary N) is 1. The zero-order chi connectivity index (χ0) is 13.9. The Hall–Kier alpha value is -0.910. The number of sulfonamides is 1. The molecular weight excluding hydrogens is 260 g/mol. The molecule has 0 radical (unpaired) electrons. The highest BCUT2D eigenvalue weighted by Gasteiger charge is 2.35. The Morgan fingerprint density at radius 1 is 1.21 bits per heavy atom. The summed E-state index contributed by atoms with van der Waals surface area (Å²) in [5.74, 6) is 0. The molecule has 19 heavy (non-hydrogen) atoms. The SMILES string of the molecule is CCC1CN(S(=O)(=O)c2ccccc2)C(CC)CN1. The van der Waals surface area contributed by atoms with Crippen molar-refractivity contribution in [3.63, 3.8) is 0 Å². The van der Waals surface area contributed by atoms with E-state index in [9.17, 15) is 8.42 Å². The lowest BCUT2D eigenvalue weighted by Gasteiger charge is -2.38. The molecule has 1 aromatic carbocycles. The topological polar surface area (TPSA) is 49.4 Å². The first-order chi connectivity index (χ1) is 9.09. The van der Waals surface area contributed by atoms with E-state index in [-0.39, 0.29) is 12.1 Å². The lowest BCUT2D eigenvalue weighted by atomic mass is 10.1. The van der Waals surface area contributed by atoms with Gasteiger partial charge in [-0.3, -0.25) is 0 Å². The third kappa shape index (κ3) is 2.99. The van der Waals surface area contributed by atoms with Crippen molar-refractivity contribution in [3.8, 4) is 0 Å². The van der Waals surface area contributed by atoms with Crippen molar-refractivity contribution in [1.29, 1.82) is 0 Å². The zero-order valence-corrected chi connectivity index (χ0v) is 12.4. The molecule has 1 aliphatic rings. The van der Waals surface area contributed by atoms with Crippen LogP contribution in [0, 0.1) is 0 Å². The largest absolute Gasteiger partial charge is 0.311 e. The molecule has 1 aliphatic heterocycles. The molecule has 2 atom stereocenters. The average Bonchev–Trinajstić information content (AvgIpc) is 2.47. The zero-order valence-electron chi connectivity index (χ0n) is 11.5. The third-order valence-corrected chi connectivity index (χ3v) is 5.70. The predicted octanol–water partition coefficient (Wildman–Crippen LogP) is 1.84. The molecule has 0 aromatic heterocycles. The lowest BCUT2D eigenvalue weighted by molar-refractivity contribution is 0.215. The smallest absolute Gasteiger partial charge is 0.243 e. The lowest BCUT2D eigenvalue weighted by Crippen LogP contribution is -2.57. The Bertz CT molecular complexity index is 501. The number of hydrogen-bond acceptors (Lipinski definition) is 3. The van der Waals surface area contributed by atoms with E-state index in [0.717, 1.165) is 19.4 Å². The molecule has 1 saturated heterocycles. The van der Waals surface area contributed by atoms with Gasteiger partial charge in [0, 0.05) is 25.2 Å². The maximum absolute atomic E-state index is 12.7. The fraction of sp³-hybridized carbons (Fsp3) is 0.571. The van der Waals surface area contributed by atoms with Gasteiger partial charge >= 0.3 is 0 Å². The van der Waals surface area contributed by atoms with Crippen molar-refractivity contribution in [3.05, 3.63) is 30.3 Å². The molecule has 2 rings (SSSR count). The Labute approximate surface area is 115 Å². The summed E-state index contributed by atoms with van der Waals surface area (Å²) in [4.78, 5) is 0.394. The van der Waals surface area contributed by atoms with E-state index < -0.39 is 10.0 Å². The highest BCUT2D eigenvalue weighted by atomic mass is 32.2. The predicted molar refractivity (Wildman–Crippen MR) is 76.5 cm³/mol. The minimum atomic E-state index is -3.37. The van der Waals surface area contributed by atoms with E-state index in [1.54, 1.807) is 28.6 Å². The van der Waals surface area contributed by atoms with Crippen LogP contribution in [0.15, 0.2) is 35.2 Å². The Morgan fingerprint density at radius 2 is 1.89 bits per heavy atom. The van der Waals surface area contributed by atoms with Crippen molar-refractivity contribution in [1.82, 2.24) is 9.62 Å². The molecule has 1 N–H and O–H groups in total. The van der Waals surface area contributed by atoms with Gasteiger partial charge in [0.1, 0.15) is 0 Å². The van der Waals surface area contributed by atoms with Crippen molar-refractivity contribution >= 4 is 10.0 Å². The van der Waals surface area contributed by atoms with Gasteiger partial charge in [0.05, 0.1) is 4.90 Å². The average molecular weight is 282 g/mol. The van der Waals surface area contributed by atoms with Gasteiger partial charge < -0.3 is 5.32 Å². The van der Waals surface area contributed by atoms with E-state index in [4.69, 9.17) is 0 Å².